The molecule has 116 valence electrons. The zero-order valence-corrected chi connectivity index (χ0v) is 13.9. The molecule has 3 rings (SSSR count). The van der Waals surface area contributed by atoms with Crippen LogP contribution in [0.5, 0.6) is 0 Å². The Labute approximate surface area is 138 Å². The van der Waals surface area contributed by atoms with Crippen LogP contribution in [0.2, 0.25) is 0 Å². The molecular formula is C17H19BrN2O2. The van der Waals surface area contributed by atoms with Gasteiger partial charge in [0, 0.05) is 13.1 Å². The van der Waals surface area contributed by atoms with Gasteiger partial charge in [-0.3, -0.25) is 9.69 Å². The molecule has 0 saturated carbocycles. The van der Waals surface area contributed by atoms with E-state index in [1.807, 2.05) is 6.07 Å². The molecule has 4 nitrogen and oxygen atoms in total. The van der Waals surface area contributed by atoms with Gasteiger partial charge in [0.2, 0.25) is 0 Å². The van der Waals surface area contributed by atoms with Crippen molar-refractivity contribution in [1.29, 1.82) is 0 Å². The second-order valence-electron chi connectivity index (χ2n) is 5.54. The molecule has 1 amide bonds. The van der Waals surface area contributed by atoms with Crippen LogP contribution < -0.4 is 5.32 Å². The number of rotatable bonds is 5. The van der Waals surface area contributed by atoms with E-state index in [-0.39, 0.29) is 5.91 Å². The van der Waals surface area contributed by atoms with Gasteiger partial charge in [0.05, 0.1) is 0 Å². The van der Waals surface area contributed by atoms with Gasteiger partial charge in [0.1, 0.15) is 0 Å². The molecular weight excluding hydrogens is 344 g/mol. The average Bonchev–Trinajstić information content (AvgIpc) is 3.18. The van der Waals surface area contributed by atoms with Crippen molar-refractivity contribution in [2.24, 2.45) is 0 Å². The van der Waals surface area contributed by atoms with E-state index in [4.69, 9.17) is 4.42 Å². The highest BCUT2D eigenvalue weighted by molar-refractivity contribution is 9.10. The molecule has 22 heavy (non-hydrogen) atoms. The lowest BCUT2D eigenvalue weighted by atomic mass is 10.1. The van der Waals surface area contributed by atoms with Crippen LogP contribution >= 0.6 is 15.9 Å². The Bertz CT molecular complexity index is 648. The van der Waals surface area contributed by atoms with E-state index in [0.717, 1.165) is 12.1 Å². The maximum Gasteiger partial charge on any atom is 0.287 e. The molecule has 0 aliphatic carbocycles. The zero-order valence-electron chi connectivity index (χ0n) is 12.3. The van der Waals surface area contributed by atoms with Crippen molar-refractivity contribution in [2.45, 2.75) is 25.9 Å². The van der Waals surface area contributed by atoms with Crippen LogP contribution in [0.25, 0.3) is 0 Å². The van der Waals surface area contributed by atoms with Gasteiger partial charge in [0.15, 0.2) is 10.4 Å². The third-order valence-electron chi connectivity index (χ3n) is 3.95. The van der Waals surface area contributed by atoms with Crippen LogP contribution in [0.1, 0.15) is 34.5 Å². The minimum absolute atomic E-state index is 0.193. The fraction of sp³-hybridized carbons (Fsp3) is 0.353. The predicted molar refractivity (Wildman–Crippen MR) is 88.5 cm³/mol. The Balaban J connectivity index is 1.63. The van der Waals surface area contributed by atoms with Crippen LogP contribution in [0.4, 0.5) is 0 Å². The lowest BCUT2D eigenvalue weighted by Gasteiger charge is -2.17. The largest absolute Gasteiger partial charge is 0.444 e. The summed E-state index contributed by atoms with van der Waals surface area (Å²) in [7, 11) is 0. The van der Waals surface area contributed by atoms with E-state index in [0.29, 0.717) is 17.0 Å². The minimum atomic E-state index is -0.193. The van der Waals surface area contributed by atoms with Crippen LogP contribution in [0, 0.1) is 0 Å². The predicted octanol–water partition coefficient (Wildman–Crippen LogP) is 3.57. The maximum atomic E-state index is 12.1. The summed E-state index contributed by atoms with van der Waals surface area (Å²) in [4.78, 5) is 14.5. The first-order chi connectivity index (χ1) is 10.7. The van der Waals surface area contributed by atoms with Crippen molar-refractivity contribution < 1.29 is 9.21 Å². The molecule has 1 N–H and O–H groups in total. The molecule has 5 heteroatoms. The molecule has 0 unspecified atom stereocenters. The Hall–Kier alpha value is -1.59. The first-order valence-electron chi connectivity index (χ1n) is 7.55. The lowest BCUT2D eigenvalue weighted by molar-refractivity contribution is 0.0921. The Kier molecular flexibility index (Phi) is 4.95. The van der Waals surface area contributed by atoms with E-state index in [2.05, 4.69) is 44.3 Å². The number of carbonyl (C=O) groups is 1. The minimum Gasteiger partial charge on any atom is -0.444 e. The number of carbonyl (C=O) groups excluding carboxylic acids is 1. The number of nitrogens with one attached hydrogen (secondary N) is 1. The summed E-state index contributed by atoms with van der Waals surface area (Å²) in [6.07, 6.45) is 2.57. The van der Waals surface area contributed by atoms with Crippen molar-refractivity contribution >= 4 is 21.8 Å². The topological polar surface area (TPSA) is 45.5 Å². The van der Waals surface area contributed by atoms with Crippen molar-refractivity contribution in [3.8, 4) is 0 Å². The molecule has 2 heterocycles. The van der Waals surface area contributed by atoms with E-state index < -0.39 is 0 Å². The summed E-state index contributed by atoms with van der Waals surface area (Å²) in [5, 5.41) is 2.92. The number of hydrogen-bond acceptors (Lipinski definition) is 3. The normalized spacial score (nSPS) is 15.1. The average molecular weight is 363 g/mol. The van der Waals surface area contributed by atoms with Crippen molar-refractivity contribution in [2.75, 3.05) is 13.1 Å². The molecule has 0 bridgehead atoms. The summed E-state index contributed by atoms with van der Waals surface area (Å²) in [6, 6.07) is 11.7. The quantitative estimate of drug-likeness (QED) is 0.884. The SMILES string of the molecule is O=C(NCc1ccccc1CN1CCCC1)c1ccc(Br)o1. The number of benzene rings is 1. The molecule has 1 aliphatic rings. The summed E-state index contributed by atoms with van der Waals surface area (Å²) in [6.45, 7) is 3.81. The second kappa shape index (κ2) is 7.11. The number of hydrogen-bond donors (Lipinski definition) is 1. The lowest BCUT2D eigenvalue weighted by Crippen LogP contribution is -2.24. The third-order valence-corrected chi connectivity index (χ3v) is 4.37. The summed E-state index contributed by atoms with van der Waals surface area (Å²) < 4.78 is 5.83. The van der Waals surface area contributed by atoms with Gasteiger partial charge in [-0.15, -0.1) is 0 Å². The molecule has 0 atom stereocenters. The summed E-state index contributed by atoms with van der Waals surface area (Å²) >= 11 is 3.20. The highest BCUT2D eigenvalue weighted by Gasteiger charge is 2.14. The monoisotopic (exact) mass is 362 g/mol. The standard InChI is InChI=1S/C17H19BrN2O2/c18-16-8-7-15(22-16)17(21)19-11-13-5-1-2-6-14(13)12-20-9-3-4-10-20/h1-2,5-8H,3-4,9-12H2,(H,19,21). The van der Waals surface area contributed by atoms with Gasteiger partial charge in [-0.1, -0.05) is 24.3 Å². The summed E-state index contributed by atoms with van der Waals surface area (Å²) in [5.41, 5.74) is 2.44. The van der Waals surface area contributed by atoms with Crippen LogP contribution in [0.3, 0.4) is 0 Å². The second-order valence-corrected chi connectivity index (χ2v) is 6.32. The Morgan fingerprint density at radius 1 is 1.14 bits per heavy atom. The number of likely N-dealkylation sites (tertiary alicyclic amines) is 1. The highest BCUT2D eigenvalue weighted by Crippen LogP contribution is 2.17. The Morgan fingerprint density at radius 2 is 1.86 bits per heavy atom. The number of halogens is 1. The van der Waals surface area contributed by atoms with E-state index in [1.54, 1.807) is 12.1 Å². The number of furan rings is 1. The van der Waals surface area contributed by atoms with E-state index in [9.17, 15) is 4.79 Å². The van der Waals surface area contributed by atoms with Crippen molar-refractivity contribution in [3.05, 3.63) is 58.0 Å². The molecule has 1 aromatic heterocycles. The third kappa shape index (κ3) is 3.78. The van der Waals surface area contributed by atoms with Gasteiger partial charge < -0.3 is 9.73 Å². The smallest absolute Gasteiger partial charge is 0.287 e. The number of nitrogens with zero attached hydrogens (tertiary/aromatic N) is 1. The number of amides is 1. The van der Waals surface area contributed by atoms with E-state index in [1.165, 1.54) is 31.5 Å². The first kappa shape index (κ1) is 15.3. The molecule has 1 aromatic carbocycles. The van der Waals surface area contributed by atoms with Crippen molar-refractivity contribution in [3.63, 3.8) is 0 Å². The molecule has 1 saturated heterocycles. The fourth-order valence-corrected chi connectivity index (χ4v) is 3.07. The Morgan fingerprint density at radius 3 is 2.55 bits per heavy atom. The van der Waals surface area contributed by atoms with E-state index >= 15 is 0 Å². The van der Waals surface area contributed by atoms with Gasteiger partial charge >= 0.3 is 0 Å². The van der Waals surface area contributed by atoms with Gasteiger partial charge in [0.25, 0.3) is 5.91 Å². The maximum absolute atomic E-state index is 12.1. The van der Waals surface area contributed by atoms with Gasteiger partial charge in [-0.05, 0) is 65.1 Å². The molecule has 1 aliphatic heterocycles. The van der Waals surface area contributed by atoms with Gasteiger partial charge in [-0.25, -0.2) is 0 Å². The molecule has 2 aromatic rings. The first-order valence-corrected chi connectivity index (χ1v) is 8.34. The molecule has 0 radical (unpaired) electrons. The van der Waals surface area contributed by atoms with Gasteiger partial charge in [-0.2, -0.15) is 0 Å². The fourth-order valence-electron chi connectivity index (χ4n) is 2.76. The van der Waals surface area contributed by atoms with Crippen LogP contribution in [-0.2, 0) is 13.1 Å². The van der Waals surface area contributed by atoms with Crippen LogP contribution in [0.15, 0.2) is 45.5 Å². The summed E-state index contributed by atoms with van der Waals surface area (Å²) in [5.74, 6) is 0.130. The van der Waals surface area contributed by atoms with Crippen molar-refractivity contribution in [1.82, 2.24) is 10.2 Å². The molecule has 0 spiro atoms. The highest BCUT2D eigenvalue weighted by atomic mass is 79.9. The molecule has 1 fully saturated rings. The zero-order chi connectivity index (χ0) is 15.4. The van der Waals surface area contributed by atoms with Crippen LogP contribution in [-0.4, -0.2) is 23.9 Å².